The lowest BCUT2D eigenvalue weighted by Crippen LogP contribution is -2.30. The lowest BCUT2D eigenvalue weighted by Gasteiger charge is -2.18. The maximum atomic E-state index is 12.2. The minimum absolute atomic E-state index is 0.00329. The van der Waals surface area contributed by atoms with Crippen LogP contribution in [0.3, 0.4) is 0 Å². The molecule has 1 heterocycles. The van der Waals surface area contributed by atoms with Crippen LogP contribution in [-0.4, -0.2) is 41.5 Å². The van der Waals surface area contributed by atoms with Gasteiger partial charge in [0.2, 0.25) is 0 Å². The number of aliphatic hydroxyl groups is 1. The first kappa shape index (κ1) is 15.6. The number of aliphatic hydroxyl groups excluding tert-OH is 1. The second kappa shape index (κ2) is 5.93. The van der Waals surface area contributed by atoms with Crippen LogP contribution in [-0.2, 0) is 0 Å². The van der Waals surface area contributed by atoms with Crippen LogP contribution in [0.2, 0.25) is 0 Å². The van der Waals surface area contributed by atoms with Crippen LogP contribution in [0.1, 0.15) is 23.7 Å². The molecule has 1 N–H and O–H groups in total. The standard InChI is InChI=1S/C14H16F3NO3/c1-9(19)11-5-6-18(8-11)13(20)10-3-2-4-12(7-10)21-14(15,16)17/h2-4,7,9,11,19H,5-6,8H2,1H3. The second-order valence-corrected chi connectivity index (χ2v) is 5.12. The monoisotopic (exact) mass is 303 g/mol. The summed E-state index contributed by atoms with van der Waals surface area (Å²) in [4.78, 5) is 13.8. The van der Waals surface area contributed by atoms with E-state index in [1.54, 1.807) is 6.92 Å². The molecule has 0 aromatic heterocycles. The summed E-state index contributed by atoms with van der Waals surface area (Å²) < 4.78 is 40.3. The first-order valence-corrected chi connectivity index (χ1v) is 6.59. The molecule has 1 aromatic carbocycles. The van der Waals surface area contributed by atoms with Gasteiger partial charge in [-0.05, 0) is 31.5 Å². The summed E-state index contributed by atoms with van der Waals surface area (Å²) in [6.45, 7) is 2.55. The molecule has 4 nitrogen and oxygen atoms in total. The smallest absolute Gasteiger partial charge is 0.406 e. The fraction of sp³-hybridized carbons (Fsp3) is 0.500. The first-order valence-electron chi connectivity index (χ1n) is 6.59. The maximum absolute atomic E-state index is 12.2. The largest absolute Gasteiger partial charge is 0.573 e. The maximum Gasteiger partial charge on any atom is 0.573 e. The zero-order valence-corrected chi connectivity index (χ0v) is 11.4. The van der Waals surface area contributed by atoms with Crippen LogP contribution in [0.4, 0.5) is 13.2 Å². The third-order valence-corrected chi connectivity index (χ3v) is 3.51. The zero-order valence-electron chi connectivity index (χ0n) is 11.4. The molecule has 0 radical (unpaired) electrons. The molecule has 1 fully saturated rings. The average molecular weight is 303 g/mol. The number of amides is 1. The van der Waals surface area contributed by atoms with E-state index in [4.69, 9.17) is 0 Å². The van der Waals surface area contributed by atoms with Gasteiger partial charge in [-0.2, -0.15) is 0 Å². The number of alkyl halides is 3. The van der Waals surface area contributed by atoms with E-state index in [9.17, 15) is 23.1 Å². The molecule has 116 valence electrons. The highest BCUT2D eigenvalue weighted by atomic mass is 19.4. The van der Waals surface area contributed by atoms with Crippen LogP contribution in [0.5, 0.6) is 5.75 Å². The summed E-state index contributed by atoms with van der Waals surface area (Å²) in [5.41, 5.74) is 0.142. The molecule has 2 unspecified atom stereocenters. The molecular weight excluding hydrogens is 287 g/mol. The highest BCUT2D eigenvalue weighted by molar-refractivity contribution is 5.94. The molecule has 2 atom stereocenters. The van der Waals surface area contributed by atoms with Crippen LogP contribution in [0, 0.1) is 5.92 Å². The number of rotatable bonds is 3. The Balaban J connectivity index is 2.08. The Morgan fingerprint density at radius 1 is 1.48 bits per heavy atom. The van der Waals surface area contributed by atoms with Gasteiger partial charge < -0.3 is 14.7 Å². The average Bonchev–Trinajstić information content (AvgIpc) is 2.85. The van der Waals surface area contributed by atoms with Gasteiger partial charge in [-0.25, -0.2) is 0 Å². The van der Waals surface area contributed by atoms with Gasteiger partial charge in [0.25, 0.3) is 5.91 Å². The van der Waals surface area contributed by atoms with E-state index in [0.29, 0.717) is 19.5 Å². The van der Waals surface area contributed by atoms with Gasteiger partial charge in [0.1, 0.15) is 5.75 Å². The molecule has 1 saturated heterocycles. The van der Waals surface area contributed by atoms with Gasteiger partial charge in [-0.1, -0.05) is 6.07 Å². The number of halogens is 3. The summed E-state index contributed by atoms with van der Waals surface area (Å²) in [6, 6.07) is 5.01. The van der Waals surface area contributed by atoms with Gasteiger partial charge in [0, 0.05) is 24.6 Å². The topological polar surface area (TPSA) is 49.8 Å². The predicted octanol–water partition coefficient (Wildman–Crippen LogP) is 2.43. The van der Waals surface area contributed by atoms with Crippen molar-refractivity contribution < 1.29 is 27.8 Å². The highest BCUT2D eigenvalue weighted by Gasteiger charge is 2.32. The molecule has 1 amide bonds. The van der Waals surface area contributed by atoms with Crippen molar-refractivity contribution in [2.75, 3.05) is 13.1 Å². The SMILES string of the molecule is CC(O)C1CCN(C(=O)c2cccc(OC(F)(F)F)c2)C1. The van der Waals surface area contributed by atoms with Crippen molar-refractivity contribution in [3.8, 4) is 5.75 Å². The van der Waals surface area contributed by atoms with Crippen molar-refractivity contribution >= 4 is 5.91 Å². The first-order chi connectivity index (χ1) is 9.76. The fourth-order valence-corrected chi connectivity index (χ4v) is 2.37. The molecule has 7 heteroatoms. The summed E-state index contributed by atoms with van der Waals surface area (Å²) in [5.74, 6) is -0.769. The van der Waals surface area contributed by atoms with E-state index in [1.807, 2.05) is 0 Å². The minimum Gasteiger partial charge on any atom is -0.406 e. The Morgan fingerprint density at radius 3 is 2.76 bits per heavy atom. The van der Waals surface area contributed by atoms with Gasteiger partial charge in [-0.3, -0.25) is 4.79 Å². The second-order valence-electron chi connectivity index (χ2n) is 5.12. The van der Waals surface area contributed by atoms with Crippen LogP contribution >= 0.6 is 0 Å². The van der Waals surface area contributed by atoms with Crippen molar-refractivity contribution in [3.05, 3.63) is 29.8 Å². The Morgan fingerprint density at radius 2 is 2.19 bits per heavy atom. The van der Waals surface area contributed by atoms with Crippen molar-refractivity contribution in [1.29, 1.82) is 0 Å². The van der Waals surface area contributed by atoms with Crippen LogP contribution in [0.15, 0.2) is 24.3 Å². The molecule has 0 saturated carbocycles. The molecule has 0 aliphatic carbocycles. The third kappa shape index (κ3) is 4.10. The summed E-state index contributed by atoms with van der Waals surface area (Å²) >= 11 is 0. The van der Waals surface area contributed by atoms with E-state index in [-0.39, 0.29) is 17.4 Å². The molecule has 1 aliphatic rings. The van der Waals surface area contributed by atoms with Crippen molar-refractivity contribution in [1.82, 2.24) is 4.90 Å². The zero-order chi connectivity index (χ0) is 15.6. The van der Waals surface area contributed by atoms with Gasteiger partial charge in [-0.15, -0.1) is 13.2 Å². The van der Waals surface area contributed by atoms with Gasteiger partial charge >= 0.3 is 6.36 Å². The highest BCUT2D eigenvalue weighted by Crippen LogP contribution is 2.25. The molecular formula is C14H16F3NO3. The molecule has 1 aliphatic heterocycles. The summed E-state index contributed by atoms with van der Waals surface area (Å²) in [7, 11) is 0. The Labute approximate surface area is 120 Å². The van der Waals surface area contributed by atoms with Crippen LogP contribution < -0.4 is 4.74 Å². The van der Waals surface area contributed by atoms with E-state index in [2.05, 4.69) is 4.74 Å². The number of hydrogen-bond donors (Lipinski definition) is 1. The van der Waals surface area contributed by atoms with E-state index in [0.717, 1.165) is 12.1 Å². The molecule has 1 aromatic rings. The molecule has 0 bridgehead atoms. The number of likely N-dealkylation sites (tertiary alicyclic amines) is 1. The number of nitrogens with zero attached hydrogens (tertiary/aromatic N) is 1. The fourth-order valence-electron chi connectivity index (χ4n) is 2.37. The summed E-state index contributed by atoms with van der Waals surface area (Å²) in [6.07, 6.45) is -4.61. The lowest BCUT2D eigenvalue weighted by molar-refractivity contribution is -0.274. The van der Waals surface area contributed by atoms with E-state index < -0.39 is 18.2 Å². The van der Waals surface area contributed by atoms with Crippen molar-refractivity contribution in [2.45, 2.75) is 25.8 Å². The third-order valence-electron chi connectivity index (χ3n) is 3.51. The number of ether oxygens (including phenoxy) is 1. The molecule has 21 heavy (non-hydrogen) atoms. The Hall–Kier alpha value is -1.76. The molecule has 2 rings (SSSR count). The molecule has 0 spiro atoms. The quantitative estimate of drug-likeness (QED) is 0.933. The normalized spacial score (nSPS) is 20.4. The number of carbonyl (C=O) groups excluding carboxylic acids is 1. The van der Waals surface area contributed by atoms with E-state index >= 15 is 0 Å². The van der Waals surface area contributed by atoms with Gasteiger partial charge in [0.15, 0.2) is 0 Å². The van der Waals surface area contributed by atoms with Crippen LogP contribution in [0.25, 0.3) is 0 Å². The van der Waals surface area contributed by atoms with Crippen molar-refractivity contribution in [2.24, 2.45) is 5.92 Å². The number of hydrogen-bond acceptors (Lipinski definition) is 3. The van der Waals surface area contributed by atoms with E-state index in [1.165, 1.54) is 17.0 Å². The Bertz CT molecular complexity index is 516. The predicted molar refractivity (Wildman–Crippen MR) is 68.8 cm³/mol. The lowest BCUT2D eigenvalue weighted by atomic mass is 10.0. The summed E-state index contributed by atoms with van der Waals surface area (Å²) in [5, 5.41) is 9.51. The van der Waals surface area contributed by atoms with Crippen molar-refractivity contribution in [3.63, 3.8) is 0 Å². The number of benzene rings is 1. The minimum atomic E-state index is -4.78. The van der Waals surface area contributed by atoms with Gasteiger partial charge in [0.05, 0.1) is 6.10 Å². The Kier molecular flexibility index (Phi) is 4.41. The number of carbonyl (C=O) groups is 1.